The van der Waals surface area contributed by atoms with Crippen LogP contribution < -0.4 is 15.0 Å². The van der Waals surface area contributed by atoms with Gasteiger partial charge in [-0.1, -0.05) is 0 Å². The molecule has 0 fully saturated rings. The van der Waals surface area contributed by atoms with E-state index >= 15 is 0 Å². The van der Waals surface area contributed by atoms with Crippen LogP contribution in [0.4, 0.5) is 0 Å². The van der Waals surface area contributed by atoms with Crippen molar-refractivity contribution in [1.82, 2.24) is 13.7 Å². The van der Waals surface area contributed by atoms with E-state index in [0.29, 0.717) is 28.1 Å². The van der Waals surface area contributed by atoms with Crippen molar-refractivity contribution >= 4 is 39.6 Å². The van der Waals surface area contributed by atoms with E-state index in [1.807, 2.05) is 12.1 Å². The van der Waals surface area contributed by atoms with Crippen LogP contribution in [-0.4, -0.2) is 26.8 Å². The second kappa shape index (κ2) is 5.88. The number of carbonyl (C=O) groups excluding carboxylic acids is 1. The molecule has 1 aliphatic rings. The first-order chi connectivity index (χ1) is 13.1. The highest BCUT2D eigenvalue weighted by Crippen LogP contribution is 2.41. The Hall–Kier alpha value is -3.26. The maximum Gasteiger partial charge on any atom is 0.312 e. The summed E-state index contributed by atoms with van der Waals surface area (Å²) in [6.45, 7) is 0. The SMILES string of the molecule is COc1ccc2[nH]c(=O)c(C3CC(=O)Oc4ccc5nsnc5c43)cc2c1. The molecular formula is C19H13N3O4S. The monoisotopic (exact) mass is 379 g/mol. The molecule has 134 valence electrons. The van der Waals surface area contributed by atoms with E-state index in [-0.39, 0.29) is 17.9 Å². The largest absolute Gasteiger partial charge is 0.497 e. The number of nitrogens with zero attached hydrogens (tertiary/aromatic N) is 2. The molecule has 27 heavy (non-hydrogen) atoms. The molecule has 0 radical (unpaired) electrons. The third-order valence-corrected chi connectivity index (χ3v) is 5.37. The van der Waals surface area contributed by atoms with Crippen molar-refractivity contribution in [3.05, 3.63) is 57.9 Å². The molecule has 1 unspecified atom stereocenters. The molecule has 1 aliphatic heterocycles. The second-order valence-electron chi connectivity index (χ2n) is 6.35. The number of fused-ring (bicyclic) bond motifs is 4. The van der Waals surface area contributed by atoms with Crippen LogP contribution in [0.15, 0.2) is 41.2 Å². The minimum atomic E-state index is -0.451. The maximum atomic E-state index is 12.8. The Morgan fingerprint density at radius 2 is 2.07 bits per heavy atom. The number of aromatic amines is 1. The summed E-state index contributed by atoms with van der Waals surface area (Å²) in [7, 11) is 1.59. The fraction of sp³-hybridized carbons (Fsp3) is 0.158. The summed E-state index contributed by atoms with van der Waals surface area (Å²) < 4.78 is 19.3. The number of hydrogen-bond donors (Lipinski definition) is 1. The van der Waals surface area contributed by atoms with E-state index in [9.17, 15) is 9.59 Å². The number of rotatable bonds is 2. The summed E-state index contributed by atoms with van der Waals surface area (Å²) in [6.07, 6.45) is 0.0716. The zero-order valence-electron chi connectivity index (χ0n) is 14.2. The van der Waals surface area contributed by atoms with E-state index < -0.39 is 5.92 Å². The zero-order valence-corrected chi connectivity index (χ0v) is 15.0. The zero-order chi connectivity index (χ0) is 18.5. The minimum Gasteiger partial charge on any atom is -0.497 e. The first-order valence-electron chi connectivity index (χ1n) is 8.31. The molecule has 2 aromatic carbocycles. The number of hydrogen-bond acceptors (Lipinski definition) is 7. The average molecular weight is 379 g/mol. The predicted molar refractivity (Wildman–Crippen MR) is 101 cm³/mol. The van der Waals surface area contributed by atoms with Gasteiger partial charge in [0.05, 0.1) is 25.3 Å². The van der Waals surface area contributed by atoms with Crippen LogP contribution in [0.25, 0.3) is 21.9 Å². The van der Waals surface area contributed by atoms with Crippen molar-refractivity contribution in [3.8, 4) is 11.5 Å². The number of methoxy groups -OCH3 is 1. The lowest BCUT2D eigenvalue weighted by Gasteiger charge is -2.24. The molecule has 1 N–H and O–H groups in total. The first-order valence-corrected chi connectivity index (χ1v) is 9.04. The van der Waals surface area contributed by atoms with Crippen LogP contribution in [0.2, 0.25) is 0 Å². The third kappa shape index (κ3) is 2.48. The smallest absolute Gasteiger partial charge is 0.312 e. The number of ether oxygens (including phenoxy) is 2. The van der Waals surface area contributed by atoms with Gasteiger partial charge in [0.15, 0.2) is 0 Å². The number of carbonyl (C=O) groups is 1. The molecule has 0 saturated heterocycles. The summed E-state index contributed by atoms with van der Waals surface area (Å²) in [5.74, 6) is 0.296. The Labute approximate surface area is 156 Å². The maximum absolute atomic E-state index is 12.8. The molecular weight excluding hydrogens is 366 g/mol. The van der Waals surface area contributed by atoms with E-state index in [2.05, 4.69) is 13.7 Å². The van der Waals surface area contributed by atoms with Crippen molar-refractivity contribution < 1.29 is 14.3 Å². The lowest BCUT2D eigenvalue weighted by atomic mass is 9.85. The topological polar surface area (TPSA) is 94.2 Å². The van der Waals surface area contributed by atoms with Gasteiger partial charge in [0.2, 0.25) is 0 Å². The van der Waals surface area contributed by atoms with Gasteiger partial charge in [0.25, 0.3) is 5.56 Å². The fourth-order valence-electron chi connectivity index (χ4n) is 3.56. The van der Waals surface area contributed by atoms with Crippen LogP contribution in [0, 0.1) is 0 Å². The normalized spacial score (nSPS) is 16.3. The lowest BCUT2D eigenvalue weighted by molar-refractivity contribution is -0.135. The van der Waals surface area contributed by atoms with Crippen molar-refractivity contribution in [3.63, 3.8) is 0 Å². The van der Waals surface area contributed by atoms with Crippen LogP contribution in [0.5, 0.6) is 11.5 Å². The number of nitrogens with one attached hydrogen (secondary N) is 1. The molecule has 0 aliphatic carbocycles. The highest BCUT2D eigenvalue weighted by atomic mass is 32.1. The summed E-state index contributed by atoms with van der Waals surface area (Å²) in [5.41, 5.74) is 3.08. The second-order valence-corrected chi connectivity index (χ2v) is 6.88. The van der Waals surface area contributed by atoms with Gasteiger partial charge in [0, 0.05) is 27.9 Å². The van der Waals surface area contributed by atoms with Gasteiger partial charge >= 0.3 is 5.97 Å². The molecule has 4 aromatic rings. The number of pyridine rings is 1. The van der Waals surface area contributed by atoms with Gasteiger partial charge in [-0.25, -0.2) is 0 Å². The number of aromatic nitrogens is 3. The molecule has 0 bridgehead atoms. The molecule has 2 aromatic heterocycles. The quantitative estimate of drug-likeness (QED) is 0.425. The third-order valence-electron chi connectivity index (χ3n) is 4.83. The van der Waals surface area contributed by atoms with Gasteiger partial charge in [-0.3, -0.25) is 9.59 Å². The molecule has 0 spiro atoms. The minimum absolute atomic E-state index is 0.0716. The number of benzene rings is 2. The molecule has 5 rings (SSSR count). The standard InChI is InChI=1S/C19H13N3O4S/c1-25-10-2-3-13-9(6-10)7-12(19(24)20-13)11-8-16(23)26-15-5-4-14-18(17(11)15)22-27-21-14/h2-7,11H,8H2,1H3,(H,20,24). The van der Waals surface area contributed by atoms with Crippen molar-refractivity contribution in [1.29, 1.82) is 0 Å². The average Bonchev–Trinajstić information content (AvgIpc) is 3.15. The summed E-state index contributed by atoms with van der Waals surface area (Å²) >= 11 is 1.09. The summed E-state index contributed by atoms with van der Waals surface area (Å²) in [4.78, 5) is 27.9. The Bertz CT molecular complexity index is 1280. The van der Waals surface area contributed by atoms with Crippen LogP contribution in [0.1, 0.15) is 23.5 Å². The highest BCUT2D eigenvalue weighted by Gasteiger charge is 2.33. The van der Waals surface area contributed by atoms with E-state index in [0.717, 1.165) is 28.2 Å². The van der Waals surface area contributed by atoms with Gasteiger partial charge < -0.3 is 14.5 Å². The highest BCUT2D eigenvalue weighted by molar-refractivity contribution is 7.00. The van der Waals surface area contributed by atoms with Crippen molar-refractivity contribution in [2.75, 3.05) is 7.11 Å². The molecule has 8 heteroatoms. The van der Waals surface area contributed by atoms with E-state index in [1.165, 1.54) is 0 Å². The predicted octanol–water partition coefficient (Wildman–Crippen LogP) is 2.98. The molecule has 0 amide bonds. The van der Waals surface area contributed by atoms with Crippen LogP contribution >= 0.6 is 11.7 Å². The molecule has 7 nitrogen and oxygen atoms in total. The van der Waals surface area contributed by atoms with Crippen LogP contribution in [-0.2, 0) is 4.79 Å². The molecule has 3 heterocycles. The molecule has 1 atom stereocenters. The summed E-state index contributed by atoms with van der Waals surface area (Å²) in [5, 5.41) is 0.827. The number of esters is 1. The van der Waals surface area contributed by atoms with Gasteiger partial charge in [-0.05, 0) is 36.4 Å². The Morgan fingerprint density at radius 3 is 2.93 bits per heavy atom. The van der Waals surface area contributed by atoms with Gasteiger partial charge in [0.1, 0.15) is 22.5 Å². The van der Waals surface area contributed by atoms with Crippen molar-refractivity contribution in [2.45, 2.75) is 12.3 Å². The molecule has 0 saturated carbocycles. The van der Waals surface area contributed by atoms with E-state index in [1.54, 1.807) is 31.4 Å². The van der Waals surface area contributed by atoms with Crippen molar-refractivity contribution in [2.24, 2.45) is 0 Å². The fourth-order valence-corrected chi connectivity index (χ4v) is 4.11. The van der Waals surface area contributed by atoms with Gasteiger partial charge in [-0.15, -0.1) is 0 Å². The lowest BCUT2D eigenvalue weighted by Crippen LogP contribution is -2.26. The Morgan fingerprint density at radius 1 is 1.19 bits per heavy atom. The van der Waals surface area contributed by atoms with Crippen LogP contribution in [0.3, 0.4) is 0 Å². The van der Waals surface area contributed by atoms with E-state index in [4.69, 9.17) is 9.47 Å². The first kappa shape index (κ1) is 16.0. The number of H-pyrrole nitrogens is 1. The van der Waals surface area contributed by atoms with Gasteiger partial charge in [-0.2, -0.15) is 8.75 Å². The Balaban J connectivity index is 1.77. The summed E-state index contributed by atoms with van der Waals surface area (Å²) in [6, 6.07) is 10.7. The Kier molecular flexibility index (Phi) is 3.48.